The molecule has 0 saturated carbocycles. The van der Waals surface area contributed by atoms with E-state index in [-0.39, 0.29) is 11.6 Å². The zero-order chi connectivity index (χ0) is 14.9. The van der Waals surface area contributed by atoms with Crippen molar-refractivity contribution in [3.8, 4) is 0 Å². The predicted octanol–water partition coefficient (Wildman–Crippen LogP) is 3.53. The van der Waals surface area contributed by atoms with E-state index < -0.39 is 11.9 Å². The molecule has 110 valence electrons. The lowest BCUT2D eigenvalue weighted by Gasteiger charge is -2.03. The van der Waals surface area contributed by atoms with Gasteiger partial charge in [-0.1, -0.05) is 41.7 Å². The highest BCUT2D eigenvalue weighted by Gasteiger charge is 2.35. The molecule has 3 aromatic rings. The topological polar surface area (TPSA) is 39.4 Å². The van der Waals surface area contributed by atoms with Gasteiger partial charge in [0.05, 0.1) is 12.8 Å². The van der Waals surface area contributed by atoms with Crippen LogP contribution in [0.2, 0.25) is 0 Å². The second kappa shape index (κ2) is 5.45. The highest BCUT2D eigenvalue weighted by atomic mass is 32.1. The third-order valence-electron chi connectivity index (χ3n) is 2.75. The number of alkyl halides is 3. The van der Waals surface area contributed by atoms with E-state index in [1.165, 1.54) is 0 Å². The number of nitrogens with zero attached hydrogens (tertiary/aromatic N) is 3. The molecule has 0 amide bonds. The first-order chi connectivity index (χ1) is 10.0. The lowest BCUT2D eigenvalue weighted by atomic mass is 10.2. The van der Waals surface area contributed by atoms with Gasteiger partial charge in [0.25, 0.3) is 0 Å². The number of imidazole rings is 1. The molecule has 2 aromatic heterocycles. The second-order valence-electron chi connectivity index (χ2n) is 4.31. The molecule has 21 heavy (non-hydrogen) atoms. The van der Waals surface area contributed by atoms with Crippen molar-refractivity contribution >= 4 is 16.3 Å². The van der Waals surface area contributed by atoms with Gasteiger partial charge in [0.15, 0.2) is 5.69 Å². The summed E-state index contributed by atoms with van der Waals surface area (Å²) >= 11 is 1.09. The summed E-state index contributed by atoms with van der Waals surface area (Å²) in [5.41, 5.74) is 0.123. The molecule has 8 heteroatoms. The Labute approximate surface area is 121 Å². The maximum atomic E-state index is 12.7. The summed E-state index contributed by atoms with van der Waals surface area (Å²) in [6.07, 6.45) is -3.68. The smallest absolute Gasteiger partial charge is 0.370 e. The zero-order valence-electron chi connectivity index (χ0n) is 10.7. The summed E-state index contributed by atoms with van der Waals surface area (Å²) in [5.74, 6) is 0. The van der Waals surface area contributed by atoms with Gasteiger partial charge >= 0.3 is 6.18 Å². The number of benzene rings is 1. The van der Waals surface area contributed by atoms with Gasteiger partial charge in [-0.3, -0.25) is 0 Å². The van der Waals surface area contributed by atoms with Crippen molar-refractivity contribution in [2.45, 2.75) is 19.4 Å². The molecule has 0 unspecified atom stereocenters. The summed E-state index contributed by atoms with van der Waals surface area (Å²) in [6, 6.07) is 9.52. The number of hydrogen-bond acceptors (Lipinski definition) is 4. The second-order valence-corrected chi connectivity index (χ2v) is 5.35. The number of rotatable bonds is 4. The summed E-state index contributed by atoms with van der Waals surface area (Å²) in [4.78, 5) is 3.92. The van der Waals surface area contributed by atoms with Gasteiger partial charge in [0.1, 0.15) is 11.6 Å². The van der Waals surface area contributed by atoms with E-state index >= 15 is 0 Å². The molecule has 0 aliphatic carbocycles. The van der Waals surface area contributed by atoms with Crippen LogP contribution in [0.25, 0.3) is 4.96 Å². The van der Waals surface area contributed by atoms with E-state index in [0.717, 1.165) is 27.6 Å². The maximum absolute atomic E-state index is 12.7. The summed E-state index contributed by atoms with van der Waals surface area (Å²) in [5, 5.41) is 4.36. The first kappa shape index (κ1) is 14.0. The number of aromatic nitrogens is 3. The average Bonchev–Trinajstić information content (AvgIpc) is 2.98. The van der Waals surface area contributed by atoms with Gasteiger partial charge in [-0.15, -0.1) is 0 Å². The molecule has 1 aromatic carbocycles. The van der Waals surface area contributed by atoms with Crippen LogP contribution in [0, 0.1) is 0 Å². The Bertz CT molecular complexity index is 736. The highest BCUT2D eigenvalue weighted by molar-refractivity contribution is 7.16. The van der Waals surface area contributed by atoms with Crippen LogP contribution >= 0.6 is 11.3 Å². The predicted molar refractivity (Wildman–Crippen MR) is 70.8 cm³/mol. The van der Waals surface area contributed by atoms with Crippen LogP contribution < -0.4 is 0 Å². The molecule has 0 radical (unpaired) electrons. The molecular weight excluding hydrogens is 303 g/mol. The maximum Gasteiger partial charge on any atom is 0.435 e. The Balaban J connectivity index is 1.69. The van der Waals surface area contributed by atoms with Crippen molar-refractivity contribution in [3.05, 3.63) is 52.8 Å². The Morgan fingerprint density at radius 3 is 2.62 bits per heavy atom. The summed E-state index contributed by atoms with van der Waals surface area (Å²) < 4.78 is 44.4. The van der Waals surface area contributed by atoms with E-state index in [1.54, 1.807) is 0 Å². The molecule has 0 saturated heterocycles. The van der Waals surface area contributed by atoms with Crippen LogP contribution in [-0.2, 0) is 24.1 Å². The SMILES string of the molecule is FC(F)(F)c1cnc2sc(COCc3ccccc3)nn12. The average molecular weight is 313 g/mol. The van der Waals surface area contributed by atoms with Gasteiger partial charge in [-0.2, -0.15) is 22.8 Å². The van der Waals surface area contributed by atoms with Gasteiger partial charge in [0.2, 0.25) is 4.96 Å². The molecule has 0 aliphatic rings. The van der Waals surface area contributed by atoms with Gasteiger partial charge in [0, 0.05) is 0 Å². The molecule has 0 spiro atoms. The van der Waals surface area contributed by atoms with Crippen molar-refractivity contribution in [3.63, 3.8) is 0 Å². The van der Waals surface area contributed by atoms with Crippen LogP contribution in [-0.4, -0.2) is 14.6 Å². The zero-order valence-corrected chi connectivity index (χ0v) is 11.5. The van der Waals surface area contributed by atoms with E-state index in [1.807, 2.05) is 30.3 Å². The monoisotopic (exact) mass is 313 g/mol. The third-order valence-corrected chi connectivity index (χ3v) is 3.65. The molecule has 0 atom stereocenters. The van der Waals surface area contributed by atoms with Crippen molar-refractivity contribution < 1.29 is 17.9 Å². The van der Waals surface area contributed by atoms with Gasteiger partial charge in [-0.05, 0) is 5.56 Å². The fraction of sp³-hybridized carbons (Fsp3) is 0.231. The van der Waals surface area contributed by atoms with Gasteiger partial charge < -0.3 is 4.74 Å². The Hall–Kier alpha value is -1.93. The molecule has 0 bridgehead atoms. The molecule has 0 aliphatic heterocycles. The van der Waals surface area contributed by atoms with E-state index in [0.29, 0.717) is 11.6 Å². The van der Waals surface area contributed by atoms with E-state index in [4.69, 9.17) is 4.74 Å². The molecule has 0 fully saturated rings. The largest absolute Gasteiger partial charge is 0.435 e. The Morgan fingerprint density at radius 1 is 1.14 bits per heavy atom. The first-order valence-corrected chi connectivity index (χ1v) is 6.88. The molecule has 3 rings (SSSR count). The van der Waals surface area contributed by atoms with Crippen LogP contribution in [0.1, 0.15) is 16.3 Å². The Morgan fingerprint density at radius 2 is 1.90 bits per heavy atom. The number of halogens is 3. The van der Waals surface area contributed by atoms with Gasteiger partial charge in [-0.25, -0.2) is 4.98 Å². The number of ether oxygens (including phenoxy) is 1. The van der Waals surface area contributed by atoms with Crippen molar-refractivity contribution in [2.24, 2.45) is 0 Å². The third kappa shape index (κ3) is 3.06. The van der Waals surface area contributed by atoms with Crippen LogP contribution in [0.4, 0.5) is 13.2 Å². The normalized spacial score (nSPS) is 12.1. The number of hydrogen-bond donors (Lipinski definition) is 0. The minimum absolute atomic E-state index is 0.153. The minimum Gasteiger partial charge on any atom is -0.370 e. The summed E-state index contributed by atoms with van der Waals surface area (Å²) in [7, 11) is 0. The van der Waals surface area contributed by atoms with Crippen LogP contribution in [0.3, 0.4) is 0 Å². The van der Waals surface area contributed by atoms with Crippen molar-refractivity contribution in [1.82, 2.24) is 14.6 Å². The molecular formula is C13H10F3N3OS. The van der Waals surface area contributed by atoms with Crippen molar-refractivity contribution in [1.29, 1.82) is 0 Å². The van der Waals surface area contributed by atoms with Crippen molar-refractivity contribution in [2.75, 3.05) is 0 Å². The van der Waals surface area contributed by atoms with E-state index in [9.17, 15) is 13.2 Å². The van der Waals surface area contributed by atoms with Crippen LogP contribution in [0.15, 0.2) is 36.5 Å². The van der Waals surface area contributed by atoms with Crippen LogP contribution in [0.5, 0.6) is 0 Å². The molecule has 2 heterocycles. The highest BCUT2D eigenvalue weighted by Crippen LogP contribution is 2.30. The quantitative estimate of drug-likeness (QED) is 0.740. The lowest BCUT2D eigenvalue weighted by molar-refractivity contribution is -0.142. The minimum atomic E-state index is -4.46. The molecule has 4 nitrogen and oxygen atoms in total. The van der Waals surface area contributed by atoms with E-state index in [2.05, 4.69) is 10.1 Å². The fourth-order valence-corrected chi connectivity index (χ4v) is 2.62. The number of fused-ring (bicyclic) bond motifs is 1. The lowest BCUT2D eigenvalue weighted by Crippen LogP contribution is -2.09. The first-order valence-electron chi connectivity index (χ1n) is 6.06. The standard InChI is InChI=1S/C13H10F3N3OS/c14-13(15,16)10-6-17-12-19(10)18-11(21-12)8-20-7-9-4-2-1-3-5-9/h1-6H,7-8H2. The fourth-order valence-electron chi connectivity index (χ4n) is 1.81. The summed E-state index contributed by atoms with van der Waals surface area (Å²) in [6.45, 7) is 0.537. The molecule has 0 N–H and O–H groups in total. The Kier molecular flexibility index (Phi) is 3.64.